The summed E-state index contributed by atoms with van der Waals surface area (Å²) in [4.78, 5) is 0. The summed E-state index contributed by atoms with van der Waals surface area (Å²) in [6.45, 7) is 25.1. The molecule has 0 bridgehead atoms. The van der Waals surface area contributed by atoms with Gasteiger partial charge in [0.05, 0.1) is 0 Å². The predicted molar refractivity (Wildman–Crippen MR) is 461 cm³/mol. The summed E-state index contributed by atoms with van der Waals surface area (Å²) in [5, 5.41) is 10.0. The van der Waals surface area contributed by atoms with Gasteiger partial charge in [-0.15, -0.1) is 0 Å². The molecule has 16 aromatic rings. The van der Waals surface area contributed by atoms with Gasteiger partial charge in [-0.1, -0.05) is 319 Å². The van der Waals surface area contributed by atoms with Crippen LogP contribution < -0.4 is 51.7 Å². The normalized spacial score (nSPS) is 13.1. The van der Waals surface area contributed by atoms with E-state index >= 15 is 0 Å². The number of para-hydroxylation sites is 2. The third kappa shape index (κ3) is 11.6. The highest BCUT2D eigenvalue weighted by atomic mass is 16.5. The van der Waals surface area contributed by atoms with E-state index in [0.29, 0.717) is 5.92 Å². The zero-order valence-corrected chi connectivity index (χ0v) is 63.7. The van der Waals surface area contributed by atoms with Gasteiger partial charge in [0.1, 0.15) is 46.0 Å². The highest BCUT2D eigenvalue weighted by molar-refractivity contribution is 6.99. The van der Waals surface area contributed by atoms with Crippen molar-refractivity contribution in [2.75, 3.05) is 0 Å². The molecule has 0 unspecified atom stereocenters. The Bertz CT molecular complexity index is 6290. The topological polar surface area (TPSA) is 36.9 Å². The summed E-state index contributed by atoms with van der Waals surface area (Å²) >= 11 is 0. The summed E-state index contributed by atoms with van der Waals surface area (Å²) in [6.07, 6.45) is 0. The first-order valence-corrected chi connectivity index (χ1v) is 38.6. The third-order valence-electron chi connectivity index (χ3n) is 23.2. The van der Waals surface area contributed by atoms with Crippen LogP contribution in [0.1, 0.15) is 104 Å². The number of benzene rings is 16. The predicted octanol–water partition coefficient (Wildman–Crippen LogP) is 24.5. The average Bonchev–Trinajstić information content (AvgIpc) is 0.732. The first-order chi connectivity index (χ1) is 52.7. The maximum atomic E-state index is 6.94. The van der Waals surface area contributed by atoms with Gasteiger partial charge in [-0.25, -0.2) is 0 Å². The number of fused-ring (bicyclic) bond motifs is 12. The highest BCUT2D eigenvalue weighted by Gasteiger charge is 2.43. The molecule has 4 aliphatic rings. The molecule has 0 saturated heterocycles. The van der Waals surface area contributed by atoms with Gasteiger partial charge in [0.15, 0.2) is 0 Å². The standard InChI is InChI=1S/C52H43BO2.C51H41BO2/c1-51(2,3)36-24-25-43-45(31-36)55-47-30-34(29-46-50(47)53(43)42-22-14-15-23-44(42)54-46)33-26-35(28-37(27-33)52(4,5)6)49-40-20-12-10-18-38(40)48(32-16-8-7-9-17-32)39-19-11-13-21-41(39)49;1-31(2)33-25-34(27-36(26-33)49-40-19-11-9-17-38(40)48(32-15-7-6-8-16-32)39-18-10-12-20-41(39)49)35-28-46-50-47(29-35)54-45-30-37(51(3,4)5)23-24-43(45)52(50)42-21-13-14-22-44(42)53-46/h7-31H,1-6H3;6-31H,1-5H3. The van der Waals surface area contributed by atoms with Crippen molar-refractivity contribution in [1.82, 2.24) is 0 Å². The van der Waals surface area contributed by atoms with Gasteiger partial charge in [0.25, 0.3) is 13.4 Å². The summed E-state index contributed by atoms with van der Waals surface area (Å²) < 4.78 is 27.4. The van der Waals surface area contributed by atoms with Crippen LogP contribution in [0.2, 0.25) is 0 Å². The van der Waals surface area contributed by atoms with Crippen LogP contribution in [0.5, 0.6) is 46.0 Å². The SMILES string of the molecule is CC(C)(C)c1cc(-c2cc3c4c(c2)Oc2cc(C(C)(C)C)ccc2B4c2ccccc2O3)cc(-c2c3ccccc3c(-c3ccccc3)c3ccccc23)c1.CC(C)c1cc(-c2cc3c4c(c2)Oc2cc(C(C)(C)C)ccc2B4c2ccccc2O3)cc(-c2c3ccccc3c(-c3ccccc3)c3ccccc23)c1. The summed E-state index contributed by atoms with van der Waals surface area (Å²) in [7, 11) is 0. The fourth-order valence-corrected chi connectivity index (χ4v) is 17.5. The number of hydrogen-bond acceptors (Lipinski definition) is 4. The van der Waals surface area contributed by atoms with E-state index in [1.165, 1.54) is 132 Å². The molecule has 6 heteroatoms. The number of rotatable bonds is 7. The van der Waals surface area contributed by atoms with Gasteiger partial charge in [-0.3, -0.25) is 0 Å². The number of ether oxygens (including phenoxy) is 4. The molecule has 0 fully saturated rings. The lowest BCUT2D eigenvalue weighted by Gasteiger charge is -2.34. The lowest BCUT2D eigenvalue weighted by Crippen LogP contribution is -2.57. The lowest BCUT2D eigenvalue weighted by atomic mass is 9.34. The minimum absolute atomic E-state index is 0.000583. The van der Waals surface area contributed by atoms with Gasteiger partial charge >= 0.3 is 0 Å². The van der Waals surface area contributed by atoms with Crippen LogP contribution in [0, 0.1) is 0 Å². The molecule has 0 aromatic heterocycles. The summed E-state index contributed by atoms with van der Waals surface area (Å²) in [6, 6.07) is 111. The van der Waals surface area contributed by atoms with E-state index in [0.717, 1.165) is 79.2 Å². The van der Waals surface area contributed by atoms with Gasteiger partial charge in [-0.2, -0.15) is 0 Å². The molecule has 0 spiro atoms. The zero-order valence-electron chi connectivity index (χ0n) is 63.7. The first kappa shape index (κ1) is 67.5. The first-order valence-electron chi connectivity index (χ1n) is 38.6. The van der Waals surface area contributed by atoms with E-state index in [9.17, 15) is 0 Å². The Morgan fingerprint density at radius 1 is 0.220 bits per heavy atom. The molecule has 0 N–H and O–H groups in total. The zero-order chi connectivity index (χ0) is 74.4. The summed E-state index contributed by atoms with van der Waals surface area (Å²) in [5.74, 6) is 7.40. The van der Waals surface area contributed by atoms with Crippen LogP contribution in [0.4, 0.5) is 0 Å². The minimum Gasteiger partial charge on any atom is -0.458 e. The molecule has 0 aliphatic carbocycles. The third-order valence-corrected chi connectivity index (χ3v) is 23.2. The fraction of sp³-hybridized carbons (Fsp3) is 0.146. The molecule has 0 amide bonds. The lowest BCUT2D eigenvalue weighted by molar-refractivity contribution is 0.462. The Hall–Kier alpha value is -12.1. The summed E-state index contributed by atoms with van der Waals surface area (Å²) in [5.41, 5.74) is 26.2. The molecule has 0 radical (unpaired) electrons. The fourth-order valence-electron chi connectivity index (χ4n) is 17.5. The van der Waals surface area contributed by atoms with Gasteiger partial charge in [-0.05, 0) is 237 Å². The maximum Gasteiger partial charge on any atom is 0.260 e. The van der Waals surface area contributed by atoms with E-state index < -0.39 is 0 Å². The van der Waals surface area contributed by atoms with Gasteiger partial charge < -0.3 is 18.9 Å². The molecular weight excluding hydrogens is 1320 g/mol. The monoisotopic (exact) mass is 1410 g/mol. The highest BCUT2D eigenvalue weighted by Crippen LogP contribution is 2.50. The van der Waals surface area contributed by atoms with E-state index in [2.05, 4.69) is 379 Å². The second-order valence-electron chi connectivity index (χ2n) is 33.6. The molecule has 526 valence electrons. The van der Waals surface area contributed by atoms with Crippen LogP contribution in [0.25, 0.3) is 110 Å². The number of hydrogen-bond donors (Lipinski definition) is 0. The van der Waals surface area contributed by atoms with E-state index in [4.69, 9.17) is 18.9 Å². The molecular formula is C103H84B2O4. The molecule has 109 heavy (non-hydrogen) atoms. The van der Waals surface area contributed by atoms with Crippen LogP contribution in [0.3, 0.4) is 0 Å². The van der Waals surface area contributed by atoms with E-state index in [-0.39, 0.29) is 29.7 Å². The Kier molecular flexibility index (Phi) is 16.0. The molecule has 4 heterocycles. The molecule has 0 saturated carbocycles. The van der Waals surface area contributed by atoms with Crippen LogP contribution >= 0.6 is 0 Å². The van der Waals surface area contributed by atoms with Crippen LogP contribution in [-0.4, -0.2) is 13.4 Å². The van der Waals surface area contributed by atoms with Crippen molar-refractivity contribution in [3.63, 3.8) is 0 Å². The Labute approximate surface area is 640 Å². The van der Waals surface area contributed by atoms with E-state index in [1.807, 2.05) is 0 Å². The maximum absolute atomic E-state index is 6.94. The average molecular weight is 1410 g/mol. The van der Waals surface area contributed by atoms with Crippen molar-refractivity contribution < 1.29 is 18.9 Å². The molecule has 20 rings (SSSR count). The molecule has 4 aliphatic heterocycles. The minimum atomic E-state index is -0.0951. The second kappa shape index (κ2) is 25.8. The van der Waals surface area contributed by atoms with Crippen molar-refractivity contribution in [2.45, 2.75) is 98.3 Å². The van der Waals surface area contributed by atoms with Crippen molar-refractivity contribution in [3.05, 3.63) is 326 Å². The largest absolute Gasteiger partial charge is 0.458 e. The van der Waals surface area contributed by atoms with Crippen LogP contribution in [-0.2, 0) is 16.2 Å². The second-order valence-corrected chi connectivity index (χ2v) is 33.6. The van der Waals surface area contributed by atoms with Crippen molar-refractivity contribution in [3.8, 4) is 113 Å². The Morgan fingerprint density at radius 2 is 0.495 bits per heavy atom. The Balaban J connectivity index is 0.000000148. The van der Waals surface area contributed by atoms with Crippen LogP contribution in [0.15, 0.2) is 303 Å². The van der Waals surface area contributed by atoms with Crippen molar-refractivity contribution >= 4 is 89.3 Å². The Morgan fingerprint density at radius 3 is 0.853 bits per heavy atom. The van der Waals surface area contributed by atoms with E-state index in [1.54, 1.807) is 0 Å². The molecule has 0 atom stereocenters. The quantitative estimate of drug-likeness (QED) is 0.118. The van der Waals surface area contributed by atoms with Crippen molar-refractivity contribution in [2.24, 2.45) is 0 Å². The smallest absolute Gasteiger partial charge is 0.260 e. The van der Waals surface area contributed by atoms with Gasteiger partial charge in [0.2, 0.25) is 0 Å². The molecule has 16 aromatic carbocycles. The van der Waals surface area contributed by atoms with Gasteiger partial charge in [0, 0.05) is 10.9 Å². The molecule has 4 nitrogen and oxygen atoms in total. The van der Waals surface area contributed by atoms with Crippen molar-refractivity contribution in [1.29, 1.82) is 0 Å².